The smallest absolute Gasteiger partial charge is 0.262 e. The fourth-order valence-corrected chi connectivity index (χ4v) is 4.17. The number of nitrogens with zero attached hydrogens (tertiary/aromatic N) is 2. The Morgan fingerprint density at radius 3 is 2.00 bits per heavy atom. The molecule has 1 aliphatic heterocycles. The molecule has 0 fully saturated rings. The normalized spacial score (nSPS) is 13.8. The molecule has 0 saturated heterocycles. The van der Waals surface area contributed by atoms with Crippen LogP contribution < -0.4 is 10.6 Å². The molecule has 1 heterocycles. The molecule has 2 N–H and O–H groups in total. The highest BCUT2D eigenvalue weighted by Crippen LogP contribution is 2.27. The minimum atomic E-state index is -0.939. The molecule has 1 unspecified atom stereocenters. The zero-order valence-electron chi connectivity index (χ0n) is 20.8. The highest BCUT2D eigenvalue weighted by atomic mass is 16.2. The minimum absolute atomic E-state index is 0.0810. The summed E-state index contributed by atoms with van der Waals surface area (Å²) in [6, 6.07) is 12.2. The second kappa shape index (κ2) is 11.8. The molecule has 8 heteroatoms. The van der Waals surface area contributed by atoms with Gasteiger partial charge in [-0.2, -0.15) is 0 Å². The Morgan fingerprint density at radius 1 is 0.914 bits per heavy atom. The van der Waals surface area contributed by atoms with E-state index in [2.05, 4.69) is 29.4 Å². The molecule has 0 aliphatic carbocycles. The maximum absolute atomic E-state index is 13.2. The SMILES string of the molecule is CCN(CC)CCNC(=O)c1ccc(NC(=O)C(CC(C)C)N2C(=O)c3ccccc3C2=O)cc1. The summed E-state index contributed by atoms with van der Waals surface area (Å²) in [5.74, 6) is -1.45. The van der Waals surface area contributed by atoms with Crippen LogP contribution in [0, 0.1) is 5.92 Å². The number of anilines is 1. The Morgan fingerprint density at radius 2 is 1.49 bits per heavy atom. The van der Waals surface area contributed by atoms with E-state index in [4.69, 9.17) is 0 Å². The molecule has 3 rings (SSSR count). The molecule has 35 heavy (non-hydrogen) atoms. The van der Waals surface area contributed by atoms with Crippen molar-refractivity contribution in [2.75, 3.05) is 31.5 Å². The standard InChI is InChI=1S/C27H34N4O4/c1-5-30(6-2)16-15-28-24(32)19-11-13-20(14-12-19)29-25(33)23(17-18(3)4)31-26(34)21-9-7-8-10-22(21)27(31)35/h7-14,18,23H,5-6,15-17H2,1-4H3,(H,28,32)(H,29,33). The van der Waals surface area contributed by atoms with Gasteiger partial charge in [-0.1, -0.05) is 39.8 Å². The van der Waals surface area contributed by atoms with Crippen LogP contribution in [-0.4, -0.2) is 65.6 Å². The average molecular weight is 479 g/mol. The van der Waals surface area contributed by atoms with E-state index in [-0.39, 0.29) is 11.8 Å². The summed E-state index contributed by atoms with van der Waals surface area (Å²) in [6.45, 7) is 11.2. The molecular formula is C27H34N4O4. The topological polar surface area (TPSA) is 98.8 Å². The predicted molar refractivity (Wildman–Crippen MR) is 135 cm³/mol. The van der Waals surface area contributed by atoms with Crippen LogP contribution in [0.3, 0.4) is 0 Å². The van der Waals surface area contributed by atoms with Gasteiger partial charge in [0, 0.05) is 24.3 Å². The molecule has 1 atom stereocenters. The van der Waals surface area contributed by atoms with Gasteiger partial charge in [-0.05, 0) is 61.8 Å². The lowest BCUT2D eigenvalue weighted by Crippen LogP contribution is -2.47. The lowest BCUT2D eigenvalue weighted by atomic mass is 10.0. The van der Waals surface area contributed by atoms with Crippen molar-refractivity contribution < 1.29 is 19.2 Å². The van der Waals surface area contributed by atoms with Crippen molar-refractivity contribution in [3.8, 4) is 0 Å². The number of carbonyl (C=O) groups is 4. The molecule has 0 saturated carbocycles. The Bertz CT molecular complexity index is 1040. The monoisotopic (exact) mass is 478 g/mol. The summed E-state index contributed by atoms with van der Waals surface area (Å²) in [5.41, 5.74) is 1.60. The summed E-state index contributed by atoms with van der Waals surface area (Å²) >= 11 is 0. The first-order valence-corrected chi connectivity index (χ1v) is 12.1. The molecule has 186 valence electrons. The van der Waals surface area contributed by atoms with Crippen molar-refractivity contribution in [3.63, 3.8) is 0 Å². The van der Waals surface area contributed by atoms with E-state index < -0.39 is 23.8 Å². The summed E-state index contributed by atoms with van der Waals surface area (Å²) < 4.78 is 0. The van der Waals surface area contributed by atoms with E-state index in [0.29, 0.717) is 35.3 Å². The summed E-state index contributed by atoms with van der Waals surface area (Å²) in [6.07, 6.45) is 0.338. The third-order valence-corrected chi connectivity index (χ3v) is 6.16. The lowest BCUT2D eigenvalue weighted by Gasteiger charge is -2.26. The molecule has 0 bridgehead atoms. The van der Waals surface area contributed by atoms with Crippen LogP contribution in [0.2, 0.25) is 0 Å². The lowest BCUT2D eigenvalue weighted by molar-refractivity contribution is -0.120. The van der Waals surface area contributed by atoms with E-state index in [0.717, 1.165) is 24.5 Å². The highest BCUT2D eigenvalue weighted by molar-refractivity contribution is 6.23. The molecule has 1 aliphatic rings. The number of likely N-dealkylation sites (N-methyl/N-ethyl adjacent to an activating group) is 1. The average Bonchev–Trinajstić information content (AvgIpc) is 3.10. The van der Waals surface area contributed by atoms with E-state index in [1.807, 2.05) is 13.8 Å². The van der Waals surface area contributed by atoms with Crippen molar-refractivity contribution in [1.82, 2.24) is 15.1 Å². The fraction of sp³-hybridized carbons (Fsp3) is 0.407. The van der Waals surface area contributed by atoms with Crippen molar-refractivity contribution in [3.05, 3.63) is 65.2 Å². The summed E-state index contributed by atoms with van der Waals surface area (Å²) in [4.78, 5) is 54.8. The molecule has 0 aromatic heterocycles. The van der Waals surface area contributed by atoms with Gasteiger partial charge in [-0.3, -0.25) is 24.1 Å². The van der Waals surface area contributed by atoms with Crippen LogP contribution in [0.4, 0.5) is 5.69 Å². The Balaban J connectivity index is 1.67. The van der Waals surface area contributed by atoms with Gasteiger partial charge in [-0.25, -0.2) is 0 Å². The van der Waals surface area contributed by atoms with Crippen LogP contribution in [0.15, 0.2) is 48.5 Å². The van der Waals surface area contributed by atoms with Gasteiger partial charge < -0.3 is 15.5 Å². The zero-order chi connectivity index (χ0) is 25.5. The first-order valence-electron chi connectivity index (χ1n) is 12.1. The number of amides is 4. The first kappa shape index (κ1) is 26.1. The number of hydrogen-bond acceptors (Lipinski definition) is 5. The molecule has 0 spiro atoms. The van der Waals surface area contributed by atoms with Crippen molar-refractivity contribution >= 4 is 29.3 Å². The first-order chi connectivity index (χ1) is 16.8. The quantitative estimate of drug-likeness (QED) is 0.482. The van der Waals surface area contributed by atoms with E-state index in [1.165, 1.54) is 0 Å². The summed E-state index contributed by atoms with van der Waals surface area (Å²) in [7, 11) is 0. The van der Waals surface area contributed by atoms with Gasteiger partial charge in [0.1, 0.15) is 6.04 Å². The number of imide groups is 1. The van der Waals surface area contributed by atoms with Crippen molar-refractivity contribution in [2.45, 2.75) is 40.2 Å². The number of hydrogen-bond donors (Lipinski definition) is 2. The molecule has 2 aromatic carbocycles. The van der Waals surface area contributed by atoms with Gasteiger partial charge >= 0.3 is 0 Å². The van der Waals surface area contributed by atoms with Crippen LogP contribution in [0.25, 0.3) is 0 Å². The third kappa shape index (κ3) is 6.14. The van der Waals surface area contributed by atoms with Crippen molar-refractivity contribution in [1.29, 1.82) is 0 Å². The second-order valence-electron chi connectivity index (χ2n) is 9.02. The van der Waals surface area contributed by atoms with Gasteiger partial charge in [0.25, 0.3) is 17.7 Å². The number of rotatable bonds is 11. The largest absolute Gasteiger partial charge is 0.351 e. The van der Waals surface area contributed by atoms with Crippen LogP contribution >= 0.6 is 0 Å². The second-order valence-corrected chi connectivity index (χ2v) is 9.02. The Kier molecular flexibility index (Phi) is 8.76. The summed E-state index contributed by atoms with van der Waals surface area (Å²) in [5, 5.41) is 5.71. The van der Waals surface area contributed by atoms with E-state index in [9.17, 15) is 19.2 Å². The van der Waals surface area contributed by atoms with Crippen LogP contribution in [-0.2, 0) is 4.79 Å². The number of carbonyl (C=O) groups excluding carboxylic acids is 4. The fourth-order valence-electron chi connectivity index (χ4n) is 4.17. The highest BCUT2D eigenvalue weighted by Gasteiger charge is 2.42. The minimum Gasteiger partial charge on any atom is -0.351 e. The van der Waals surface area contributed by atoms with Crippen molar-refractivity contribution in [2.24, 2.45) is 5.92 Å². The van der Waals surface area contributed by atoms with Gasteiger partial charge in [-0.15, -0.1) is 0 Å². The van der Waals surface area contributed by atoms with Crippen LogP contribution in [0.5, 0.6) is 0 Å². The maximum atomic E-state index is 13.2. The van der Waals surface area contributed by atoms with E-state index in [1.54, 1.807) is 48.5 Å². The third-order valence-electron chi connectivity index (χ3n) is 6.16. The van der Waals surface area contributed by atoms with Gasteiger partial charge in [0.15, 0.2) is 0 Å². The van der Waals surface area contributed by atoms with Gasteiger partial charge in [0.05, 0.1) is 11.1 Å². The molecule has 8 nitrogen and oxygen atoms in total. The number of fused-ring (bicyclic) bond motifs is 1. The van der Waals surface area contributed by atoms with Crippen LogP contribution in [0.1, 0.15) is 65.2 Å². The predicted octanol–water partition coefficient (Wildman–Crippen LogP) is 3.41. The Labute approximate surface area is 206 Å². The molecule has 2 aromatic rings. The molecular weight excluding hydrogens is 444 g/mol. The number of nitrogens with one attached hydrogen (secondary N) is 2. The number of benzene rings is 2. The maximum Gasteiger partial charge on any atom is 0.262 e. The van der Waals surface area contributed by atoms with E-state index >= 15 is 0 Å². The van der Waals surface area contributed by atoms with Gasteiger partial charge in [0.2, 0.25) is 5.91 Å². The molecule has 4 amide bonds. The molecule has 0 radical (unpaired) electrons. The zero-order valence-corrected chi connectivity index (χ0v) is 20.8. The Hall–Kier alpha value is -3.52.